The maximum atomic E-state index is 10.6. The second kappa shape index (κ2) is 3.60. The summed E-state index contributed by atoms with van der Waals surface area (Å²) >= 11 is 2.39. The van der Waals surface area contributed by atoms with Crippen LogP contribution in [0.5, 0.6) is 0 Å². The summed E-state index contributed by atoms with van der Waals surface area (Å²) in [6.45, 7) is 2.67. The van der Waals surface area contributed by atoms with Gasteiger partial charge in [0.1, 0.15) is 0 Å². The van der Waals surface area contributed by atoms with Crippen LogP contribution >= 0.6 is 22.6 Å². The van der Waals surface area contributed by atoms with Gasteiger partial charge in [0.05, 0.1) is 0 Å². The average molecular weight is 269 g/mol. The first-order chi connectivity index (χ1) is 5.11. The Balaban J connectivity index is 2.50. The Hall–Kier alpha value is 0. The summed E-state index contributed by atoms with van der Waals surface area (Å²) in [5, 5.41) is 8.72. The van der Waals surface area contributed by atoms with Crippen molar-refractivity contribution >= 4 is 28.7 Å². The number of nitrogens with zero attached hydrogens (tertiary/aromatic N) is 1. The van der Waals surface area contributed by atoms with Gasteiger partial charge in [-0.25, -0.2) is 4.79 Å². The number of carboxylic acid groups (broad SMARTS) is 1. The number of hydrogen-bond donors (Lipinski definition) is 1. The Morgan fingerprint density at radius 3 is 2.82 bits per heavy atom. The Morgan fingerprint density at radius 2 is 2.36 bits per heavy atom. The number of carbonyl (C=O) groups is 1. The molecule has 2 atom stereocenters. The molecule has 1 N–H and O–H groups in total. The van der Waals surface area contributed by atoms with Crippen LogP contribution in [0.4, 0.5) is 4.79 Å². The number of piperidine rings is 1. The minimum absolute atomic E-state index is 0.197. The van der Waals surface area contributed by atoms with E-state index in [0.717, 1.165) is 12.8 Å². The van der Waals surface area contributed by atoms with Crippen molar-refractivity contribution in [2.45, 2.75) is 29.7 Å². The Kier molecular flexibility index (Phi) is 2.98. The fraction of sp³-hybridized carbons (Fsp3) is 0.857. The van der Waals surface area contributed by atoms with E-state index in [4.69, 9.17) is 5.11 Å². The lowest BCUT2D eigenvalue weighted by atomic mass is 10.0. The molecule has 0 radical (unpaired) electrons. The van der Waals surface area contributed by atoms with Crippen LogP contribution in [0, 0.1) is 0 Å². The maximum Gasteiger partial charge on any atom is 0.407 e. The van der Waals surface area contributed by atoms with Gasteiger partial charge in [-0.1, -0.05) is 22.6 Å². The number of rotatable bonds is 0. The Bertz CT molecular complexity index is 163. The van der Waals surface area contributed by atoms with E-state index >= 15 is 0 Å². The normalized spacial score (nSPS) is 32.0. The molecule has 0 spiro atoms. The van der Waals surface area contributed by atoms with Crippen LogP contribution in [-0.2, 0) is 0 Å². The molecule has 0 aliphatic carbocycles. The molecule has 1 saturated heterocycles. The van der Waals surface area contributed by atoms with Crippen molar-refractivity contribution in [2.24, 2.45) is 0 Å². The van der Waals surface area contributed by atoms with Gasteiger partial charge in [-0.15, -0.1) is 0 Å². The zero-order chi connectivity index (χ0) is 8.43. The molecule has 0 aromatic heterocycles. The second-order valence-corrected chi connectivity index (χ2v) is 4.71. The lowest BCUT2D eigenvalue weighted by molar-refractivity contribution is 0.115. The lowest BCUT2D eigenvalue weighted by Gasteiger charge is -2.33. The van der Waals surface area contributed by atoms with E-state index in [9.17, 15) is 4.79 Å². The van der Waals surface area contributed by atoms with Crippen LogP contribution in [0.25, 0.3) is 0 Å². The number of halogens is 1. The van der Waals surface area contributed by atoms with Gasteiger partial charge >= 0.3 is 6.09 Å². The fourth-order valence-corrected chi connectivity index (χ4v) is 2.41. The number of amides is 1. The van der Waals surface area contributed by atoms with E-state index in [0.29, 0.717) is 10.5 Å². The van der Waals surface area contributed by atoms with Crippen molar-refractivity contribution < 1.29 is 9.90 Å². The zero-order valence-electron chi connectivity index (χ0n) is 6.46. The standard InChI is InChI=1S/C7H12INO2/c1-5-4-6(8)2-3-9(5)7(10)11/h5-6H,2-4H2,1H3,(H,10,11)/t5-,6?/m0/s1. The summed E-state index contributed by atoms with van der Waals surface area (Å²) in [5.74, 6) is 0. The first-order valence-electron chi connectivity index (χ1n) is 3.75. The van der Waals surface area contributed by atoms with Gasteiger partial charge in [0.2, 0.25) is 0 Å². The van der Waals surface area contributed by atoms with Gasteiger partial charge in [0, 0.05) is 16.5 Å². The molecule has 0 aromatic carbocycles. The highest BCUT2D eigenvalue weighted by atomic mass is 127. The smallest absolute Gasteiger partial charge is 0.407 e. The van der Waals surface area contributed by atoms with Crippen molar-refractivity contribution in [1.29, 1.82) is 0 Å². The van der Waals surface area contributed by atoms with E-state index in [1.54, 1.807) is 0 Å². The third-order valence-electron chi connectivity index (χ3n) is 2.06. The highest BCUT2D eigenvalue weighted by Crippen LogP contribution is 2.22. The first-order valence-corrected chi connectivity index (χ1v) is 4.99. The van der Waals surface area contributed by atoms with Gasteiger partial charge in [0.15, 0.2) is 0 Å². The molecule has 3 nitrogen and oxygen atoms in total. The van der Waals surface area contributed by atoms with Gasteiger partial charge < -0.3 is 10.0 Å². The third kappa shape index (κ3) is 2.21. The van der Waals surface area contributed by atoms with Crippen LogP contribution in [0.1, 0.15) is 19.8 Å². The number of hydrogen-bond acceptors (Lipinski definition) is 1. The van der Waals surface area contributed by atoms with E-state index in [1.807, 2.05) is 6.92 Å². The van der Waals surface area contributed by atoms with Gasteiger partial charge in [-0.2, -0.15) is 0 Å². The van der Waals surface area contributed by atoms with E-state index in [2.05, 4.69) is 22.6 Å². The molecule has 0 aromatic rings. The predicted molar refractivity (Wildman–Crippen MR) is 51.2 cm³/mol. The quantitative estimate of drug-likeness (QED) is 0.539. The molecule has 1 fully saturated rings. The first kappa shape index (κ1) is 9.09. The van der Waals surface area contributed by atoms with Gasteiger partial charge in [-0.05, 0) is 19.8 Å². The summed E-state index contributed by atoms with van der Waals surface area (Å²) in [6, 6.07) is 0.197. The summed E-state index contributed by atoms with van der Waals surface area (Å²) in [6.07, 6.45) is 1.21. The second-order valence-electron chi connectivity index (χ2n) is 2.95. The minimum atomic E-state index is -0.777. The largest absolute Gasteiger partial charge is 0.465 e. The molecular formula is C7H12INO2. The van der Waals surface area contributed by atoms with Gasteiger partial charge in [0.25, 0.3) is 0 Å². The molecule has 11 heavy (non-hydrogen) atoms. The summed E-state index contributed by atoms with van der Waals surface area (Å²) in [7, 11) is 0. The maximum absolute atomic E-state index is 10.6. The summed E-state index contributed by atoms with van der Waals surface area (Å²) < 4.78 is 0.651. The summed E-state index contributed by atoms with van der Waals surface area (Å²) in [5.41, 5.74) is 0. The van der Waals surface area contributed by atoms with Crippen molar-refractivity contribution in [3.8, 4) is 0 Å². The highest BCUT2D eigenvalue weighted by Gasteiger charge is 2.26. The van der Waals surface area contributed by atoms with Crippen molar-refractivity contribution in [1.82, 2.24) is 4.90 Å². The molecule has 1 aliphatic rings. The zero-order valence-corrected chi connectivity index (χ0v) is 8.61. The van der Waals surface area contributed by atoms with E-state index < -0.39 is 6.09 Å². The van der Waals surface area contributed by atoms with Crippen molar-refractivity contribution in [3.63, 3.8) is 0 Å². The Labute approximate surface area is 79.9 Å². The number of likely N-dealkylation sites (tertiary alicyclic amines) is 1. The molecule has 64 valence electrons. The van der Waals surface area contributed by atoms with Crippen LogP contribution in [0.15, 0.2) is 0 Å². The molecule has 1 unspecified atom stereocenters. The topological polar surface area (TPSA) is 40.5 Å². The molecule has 4 heteroatoms. The van der Waals surface area contributed by atoms with Crippen LogP contribution < -0.4 is 0 Å². The molecular weight excluding hydrogens is 257 g/mol. The monoisotopic (exact) mass is 269 g/mol. The Morgan fingerprint density at radius 1 is 1.73 bits per heavy atom. The van der Waals surface area contributed by atoms with Crippen LogP contribution in [0.3, 0.4) is 0 Å². The molecule has 1 amide bonds. The molecule has 1 aliphatic heterocycles. The molecule has 0 saturated carbocycles. The van der Waals surface area contributed by atoms with E-state index in [1.165, 1.54) is 4.90 Å². The van der Waals surface area contributed by atoms with E-state index in [-0.39, 0.29) is 6.04 Å². The van der Waals surface area contributed by atoms with Crippen LogP contribution in [0.2, 0.25) is 0 Å². The SMILES string of the molecule is C[C@H]1CC(I)CCN1C(=O)O. The minimum Gasteiger partial charge on any atom is -0.465 e. The molecule has 1 heterocycles. The number of alkyl halides is 1. The third-order valence-corrected chi connectivity index (χ3v) is 3.19. The predicted octanol–water partition coefficient (Wildman–Crippen LogP) is 1.95. The molecule has 0 bridgehead atoms. The van der Waals surface area contributed by atoms with Crippen molar-refractivity contribution in [2.75, 3.05) is 6.54 Å². The summed E-state index contributed by atoms with van der Waals surface area (Å²) in [4.78, 5) is 12.1. The highest BCUT2D eigenvalue weighted by molar-refractivity contribution is 14.1. The van der Waals surface area contributed by atoms with Crippen molar-refractivity contribution in [3.05, 3.63) is 0 Å². The van der Waals surface area contributed by atoms with Gasteiger partial charge in [-0.3, -0.25) is 0 Å². The molecule has 1 rings (SSSR count). The lowest BCUT2D eigenvalue weighted by Crippen LogP contribution is -2.44. The fourth-order valence-electron chi connectivity index (χ4n) is 1.40. The van der Waals surface area contributed by atoms with Crippen LogP contribution in [-0.4, -0.2) is 32.6 Å². The average Bonchev–Trinajstić information content (AvgIpc) is 1.85.